The molecular weight excluding hydrogens is 283 g/mol. The van der Waals surface area contributed by atoms with Gasteiger partial charge in [-0.3, -0.25) is 0 Å². The zero-order chi connectivity index (χ0) is 15.5. The molecule has 0 spiro atoms. The molecule has 2 aromatic heterocycles. The van der Waals surface area contributed by atoms with Crippen LogP contribution in [0, 0.1) is 12.7 Å². The van der Waals surface area contributed by atoms with Gasteiger partial charge in [-0.05, 0) is 13.3 Å². The molecule has 0 unspecified atom stereocenters. The molecule has 22 heavy (non-hydrogen) atoms. The van der Waals surface area contributed by atoms with Crippen LogP contribution >= 0.6 is 0 Å². The highest BCUT2D eigenvalue weighted by Gasteiger charge is 2.20. The third kappa shape index (κ3) is 3.13. The zero-order valence-corrected chi connectivity index (χ0v) is 12.8. The van der Waals surface area contributed by atoms with E-state index in [4.69, 9.17) is 0 Å². The maximum absolute atomic E-state index is 12.9. The largest absolute Gasteiger partial charge is 0.353 e. The number of rotatable bonds is 3. The quantitative estimate of drug-likeness (QED) is 0.858. The van der Waals surface area contributed by atoms with Crippen molar-refractivity contribution in [2.45, 2.75) is 20.3 Å². The second-order valence-electron chi connectivity index (χ2n) is 5.29. The standard InChI is InChI=1S/C15H19FN6/c1-3-13-8-14(20-11(2)19-13)21-4-6-22(7-5-21)15-17-9-12(16)10-18-15/h8-10H,3-7H2,1-2H3. The van der Waals surface area contributed by atoms with Gasteiger partial charge >= 0.3 is 0 Å². The molecule has 6 nitrogen and oxygen atoms in total. The number of nitrogens with zero attached hydrogens (tertiary/aromatic N) is 6. The van der Waals surface area contributed by atoms with Crippen LogP contribution in [0.15, 0.2) is 18.5 Å². The van der Waals surface area contributed by atoms with Gasteiger partial charge in [0.2, 0.25) is 5.95 Å². The first kappa shape index (κ1) is 14.6. The van der Waals surface area contributed by atoms with Crippen LogP contribution in [0.3, 0.4) is 0 Å². The van der Waals surface area contributed by atoms with Crippen molar-refractivity contribution in [2.75, 3.05) is 36.0 Å². The monoisotopic (exact) mass is 302 g/mol. The van der Waals surface area contributed by atoms with Gasteiger partial charge in [0.15, 0.2) is 5.82 Å². The molecule has 0 radical (unpaired) electrons. The molecule has 0 aliphatic carbocycles. The van der Waals surface area contributed by atoms with E-state index in [9.17, 15) is 4.39 Å². The average Bonchev–Trinajstić information content (AvgIpc) is 2.55. The van der Waals surface area contributed by atoms with Gasteiger partial charge in [0.25, 0.3) is 0 Å². The lowest BCUT2D eigenvalue weighted by atomic mass is 10.2. The first-order valence-electron chi connectivity index (χ1n) is 7.47. The van der Waals surface area contributed by atoms with Gasteiger partial charge in [-0.15, -0.1) is 0 Å². The van der Waals surface area contributed by atoms with Crippen LogP contribution in [-0.4, -0.2) is 46.1 Å². The van der Waals surface area contributed by atoms with Gasteiger partial charge in [-0.25, -0.2) is 24.3 Å². The van der Waals surface area contributed by atoms with E-state index in [1.807, 2.05) is 6.92 Å². The van der Waals surface area contributed by atoms with Crippen molar-refractivity contribution in [1.82, 2.24) is 19.9 Å². The molecule has 1 saturated heterocycles. The number of aryl methyl sites for hydroxylation is 2. The van der Waals surface area contributed by atoms with Crippen LogP contribution < -0.4 is 9.80 Å². The molecule has 116 valence electrons. The Morgan fingerprint density at radius 3 is 2.32 bits per heavy atom. The summed E-state index contributed by atoms with van der Waals surface area (Å²) in [4.78, 5) is 21.3. The molecule has 0 atom stereocenters. The van der Waals surface area contributed by atoms with Gasteiger partial charge in [-0.2, -0.15) is 0 Å². The van der Waals surface area contributed by atoms with Gasteiger partial charge in [0.1, 0.15) is 11.6 Å². The minimum Gasteiger partial charge on any atom is -0.353 e. The molecule has 0 saturated carbocycles. The van der Waals surface area contributed by atoms with Crippen molar-refractivity contribution in [3.8, 4) is 0 Å². The van der Waals surface area contributed by atoms with Crippen LogP contribution in [0.4, 0.5) is 16.2 Å². The van der Waals surface area contributed by atoms with Gasteiger partial charge in [0.05, 0.1) is 12.4 Å². The smallest absolute Gasteiger partial charge is 0.225 e. The van der Waals surface area contributed by atoms with Crippen LogP contribution in [-0.2, 0) is 6.42 Å². The van der Waals surface area contributed by atoms with Crippen molar-refractivity contribution in [3.05, 3.63) is 35.8 Å². The van der Waals surface area contributed by atoms with Crippen LogP contribution in [0.25, 0.3) is 0 Å². The maximum Gasteiger partial charge on any atom is 0.225 e. The van der Waals surface area contributed by atoms with Crippen molar-refractivity contribution in [2.24, 2.45) is 0 Å². The molecule has 3 rings (SSSR count). The fraction of sp³-hybridized carbons (Fsp3) is 0.467. The lowest BCUT2D eigenvalue weighted by Crippen LogP contribution is -2.47. The Labute approximate surface area is 129 Å². The number of anilines is 2. The van der Waals surface area contributed by atoms with Crippen LogP contribution in [0.1, 0.15) is 18.4 Å². The summed E-state index contributed by atoms with van der Waals surface area (Å²) in [6.45, 7) is 7.26. The summed E-state index contributed by atoms with van der Waals surface area (Å²) in [6, 6.07) is 2.05. The number of piperazine rings is 1. The number of hydrogen-bond acceptors (Lipinski definition) is 6. The minimum atomic E-state index is -0.411. The first-order valence-corrected chi connectivity index (χ1v) is 7.47. The van der Waals surface area contributed by atoms with Crippen molar-refractivity contribution < 1.29 is 4.39 Å². The minimum absolute atomic E-state index is 0.411. The highest BCUT2D eigenvalue weighted by molar-refractivity contribution is 5.43. The lowest BCUT2D eigenvalue weighted by Gasteiger charge is -2.35. The number of halogens is 1. The molecule has 2 aromatic rings. The fourth-order valence-electron chi connectivity index (χ4n) is 2.56. The summed E-state index contributed by atoms with van der Waals surface area (Å²) < 4.78 is 12.9. The van der Waals surface area contributed by atoms with E-state index in [-0.39, 0.29) is 0 Å². The Balaban J connectivity index is 1.69. The molecule has 1 aliphatic rings. The highest BCUT2D eigenvalue weighted by atomic mass is 19.1. The van der Waals surface area contributed by atoms with E-state index in [0.29, 0.717) is 5.95 Å². The maximum atomic E-state index is 12.9. The molecule has 1 aliphatic heterocycles. The zero-order valence-electron chi connectivity index (χ0n) is 12.8. The molecule has 3 heterocycles. The number of hydrogen-bond donors (Lipinski definition) is 0. The summed E-state index contributed by atoms with van der Waals surface area (Å²) in [5.41, 5.74) is 1.06. The second kappa shape index (κ2) is 6.21. The summed E-state index contributed by atoms with van der Waals surface area (Å²) in [5, 5.41) is 0. The third-order valence-corrected chi connectivity index (χ3v) is 3.73. The Morgan fingerprint density at radius 2 is 1.68 bits per heavy atom. The van der Waals surface area contributed by atoms with E-state index >= 15 is 0 Å². The molecule has 0 bridgehead atoms. The fourth-order valence-corrected chi connectivity index (χ4v) is 2.56. The van der Waals surface area contributed by atoms with Gasteiger partial charge in [-0.1, -0.05) is 6.92 Å². The predicted molar refractivity (Wildman–Crippen MR) is 82.6 cm³/mol. The second-order valence-corrected chi connectivity index (χ2v) is 5.29. The summed E-state index contributed by atoms with van der Waals surface area (Å²) in [7, 11) is 0. The molecule has 0 N–H and O–H groups in total. The van der Waals surface area contributed by atoms with Crippen molar-refractivity contribution >= 4 is 11.8 Å². The number of aromatic nitrogens is 4. The molecule has 1 fully saturated rings. The van der Waals surface area contributed by atoms with Crippen molar-refractivity contribution in [3.63, 3.8) is 0 Å². The Morgan fingerprint density at radius 1 is 1.05 bits per heavy atom. The Hall–Kier alpha value is -2.31. The lowest BCUT2D eigenvalue weighted by molar-refractivity contribution is 0.601. The van der Waals surface area contributed by atoms with Gasteiger partial charge < -0.3 is 9.80 Å². The first-order chi connectivity index (χ1) is 10.7. The summed E-state index contributed by atoms with van der Waals surface area (Å²) >= 11 is 0. The van der Waals surface area contributed by atoms with E-state index in [1.54, 1.807) is 0 Å². The van der Waals surface area contributed by atoms with E-state index in [0.717, 1.165) is 49.9 Å². The van der Waals surface area contributed by atoms with E-state index in [1.165, 1.54) is 12.4 Å². The normalized spacial score (nSPS) is 15.2. The molecule has 0 amide bonds. The highest BCUT2D eigenvalue weighted by Crippen LogP contribution is 2.17. The molecule has 7 heteroatoms. The molecular formula is C15H19FN6. The van der Waals surface area contributed by atoms with Gasteiger partial charge in [0, 0.05) is 37.9 Å². The van der Waals surface area contributed by atoms with Crippen LogP contribution in [0.5, 0.6) is 0 Å². The Bertz CT molecular complexity index is 637. The average molecular weight is 302 g/mol. The summed E-state index contributed by atoms with van der Waals surface area (Å²) in [6.07, 6.45) is 3.31. The van der Waals surface area contributed by atoms with Crippen molar-refractivity contribution in [1.29, 1.82) is 0 Å². The van der Waals surface area contributed by atoms with E-state index in [2.05, 4.69) is 42.7 Å². The topological polar surface area (TPSA) is 58.0 Å². The predicted octanol–water partition coefficient (Wildman–Crippen LogP) is 1.60. The SMILES string of the molecule is CCc1cc(N2CCN(c3ncc(F)cn3)CC2)nc(C)n1. The summed E-state index contributed by atoms with van der Waals surface area (Å²) in [5.74, 6) is 1.95. The molecule has 0 aromatic carbocycles. The Kier molecular flexibility index (Phi) is 4.13. The van der Waals surface area contributed by atoms with Crippen LogP contribution in [0.2, 0.25) is 0 Å². The third-order valence-electron chi connectivity index (χ3n) is 3.73. The van der Waals surface area contributed by atoms with E-state index < -0.39 is 5.82 Å².